The van der Waals surface area contributed by atoms with Gasteiger partial charge < -0.3 is 10.2 Å². The predicted molar refractivity (Wildman–Crippen MR) is 102 cm³/mol. The average molecular weight is 370 g/mol. The van der Waals surface area contributed by atoms with Crippen LogP contribution < -0.4 is 5.32 Å². The van der Waals surface area contributed by atoms with Crippen LogP contribution in [0.25, 0.3) is 5.69 Å². The van der Waals surface area contributed by atoms with E-state index in [0.717, 1.165) is 25.1 Å². The summed E-state index contributed by atoms with van der Waals surface area (Å²) in [4.78, 5) is 29.9. The Morgan fingerprint density at radius 2 is 1.85 bits per heavy atom. The van der Waals surface area contributed by atoms with Crippen LogP contribution in [0.1, 0.15) is 30.3 Å². The molecular formula is C19H26N6O2. The average Bonchev–Trinajstić information content (AvgIpc) is 3.19. The smallest absolute Gasteiger partial charge is 0.276 e. The van der Waals surface area contributed by atoms with Gasteiger partial charge >= 0.3 is 0 Å². The van der Waals surface area contributed by atoms with E-state index in [1.807, 2.05) is 30.3 Å². The van der Waals surface area contributed by atoms with Gasteiger partial charge in [-0.1, -0.05) is 31.5 Å². The first-order valence-corrected chi connectivity index (χ1v) is 9.43. The zero-order chi connectivity index (χ0) is 19.1. The van der Waals surface area contributed by atoms with Crippen LogP contribution in [0.4, 0.5) is 0 Å². The fourth-order valence-corrected chi connectivity index (χ4v) is 2.98. The lowest BCUT2D eigenvalue weighted by molar-refractivity contribution is -0.122. The van der Waals surface area contributed by atoms with Crippen molar-refractivity contribution in [1.82, 2.24) is 30.1 Å². The lowest BCUT2D eigenvalue weighted by atomic mass is 10.2. The van der Waals surface area contributed by atoms with Crippen molar-refractivity contribution in [2.24, 2.45) is 0 Å². The zero-order valence-electron chi connectivity index (χ0n) is 15.7. The molecule has 1 N–H and O–H groups in total. The van der Waals surface area contributed by atoms with Gasteiger partial charge in [-0.05, 0) is 18.6 Å². The standard InChI is InChI=1S/C19H26N6O2/c1-2-3-9-20-18(26)15-23-10-12-24(13-11-23)19(27)17-14-21-25(22-17)16-7-5-4-6-8-16/h4-8,14H,2-3,9-13,15H2,1H3,(H,20,26). The normalized spacial score (nSPS) is 14.9. The zero-order valence-corrected chi connectivity index (χ0v) is 15.7. The summed E-state index contributed by atoms with van der Waals surface area (Å²) in [6, 6.07) is 9.50. The largest absolute Gasteiger partial charge is 0.355 e. The summed E-state index contributed by atoms with van der Waals surface area (Å²) in [5.41, 5.74) is 1.15. The highest BCUT2D eigenvalue weighted by atomic mass is 16.2. The van der Waals surface area contributed by atoms with Crippen LogP contribution in [0.15, 0.2) is 36.5 Å². The molecule has 2 amide bonds. The molecule has 2 aromatic rings. The third-order valence-corrected chi connectivity index (χ3v) is 4.58. The molecule has 0 atom stereocenters. The quantitative estimate of drug-likeness (QED) is 0.734. The number of nitrogens with one attached hydrogen (secondary N) is 1. The van der Waals surface area contributed by atoms with E-state index >= 15 is 0 Å². The van der Waals surface area contributed by atoms with Gasteiger partial charge in [0, 0.05) is 32.7 Å². The maximum Gasteiger partial charge on any atom is 0.276 e. The molecule has 1 fully saturated rings. The Hall–Kier alpha value is -2.74. The summed E-state index contributed by atoms with van der Waals surface area (Å²) in [5, 5.41) is 11.4. The molecule has 0 bridgehead atoms. The third kappa shape index (κ3) is 5.13. The molecule has 1 aromatic carbocycles. The maximum atomic E-state index is 12.7. The number of nitrogens with zero attached hydrogens (tertiary/aromatic N) is 5. The second-order valence-corrected chi connectivity index (χ2v) is 6.63. The summed E-state index contributed by atoms with van der Waals surface area (Å²) in [7, 11) is 0. The first kappa shape index (κ1) is 19.0. The van der Waals surface area contributed by atoms with Crippen molar-refractivity contribution in [3.05, 3.63) is 42.2 Å². The molecule has 0 radical (unpaired) electrons. The summed E-state index contributed by atoms with van der Waals surface area (Å²) in [6.07, 6.45) is 3.57. The minimum Gasteiger partial charge on any atom is -0.355 e. The predicted octanol–water partition coefficient (Wildman–Crippen LogP) is 0.941. The Morgan fingerprint density at radius 1 is 1.11 bits per heavy atom. The molecule has 1 aliphatic rings. The van der Waals surface area contributed by atoms with Crippen LogP contribution >= 0.6 is 0 Å². The summed E-state index contributed by atoms with van der Waals surface area (Å²) >= 11 is 0. The van der Waals surface area contributed by atoms with Gasteiger partial charge in [0.15, 0.2) is 5.69 Å². The van der Waals surface area contributed by atoms with Crippen molar-refractivity contribution in [2.45, 2.75) is 19.8 Å². The Bertz CT molecular complexity index is 753. The van der Waals surface area contributed by atoms with Crippen molar-refractivity contribution >= 4 is 11.8 Å². The van der Waals surface area contributed by atoms with E-state index in [4.69, 9.17) is 0 Å². The Kier molecular flexibility index (Phi) is 6.54. The highest BCUT2D eigenvalue weighted by Crippen LogP contribution is 2.09. The van der Waals surface area contributed by atoms with Gasteiger partial charge in [-0.15, -0.1) is 5.10 Å². The Balaban J connectivity index is 1.49. The van der Waals surface area contributed by atoms with Crippen LogP contribution in [-0.2, 0) is 4.79 Å². The number of amides is 2. The van der Waals surface area contributed by atoms with Crippen molar-refractivity contribution in [1.29, 1.82) is 0 Å². The van der Waals surface area contributed by atoms with Crippen molar-refractivity contribution in [2.75, 3.05) is 39.3 Å². The minimum absolute atomic E-state index is 0.0500. The van der Waals surface area contributed by atoms with Gasteiger partial charge in [0.05, 0.1) is 18.4 Å². The lowest BCUT2D eigenvalue weighted by Crippen LogP contribution is -2.51. The number of hydrogen-bond donors (Lipinski definition) is 1. The molecule has 144 valence electrons. The molecule has 0 aliphatic carbocycles. The molecule has 1 saturated heterocycles. The number of rotatable bonds is 7. The number of carbonyl (C=O) groups excluding carboxylic acids is 2. The number of unbranched alkanes of at least 4 members (excludes halogenated alkanes) is 1. The summed E-state index contributed by atoms with van der Waals surface area (Å²) in [5.74, 6) is -0.0711. The Morgan fingerprint density at radius 3 is 2.56 bits per heavy atom. The van der Waals surface area contributed by atoms with E-state index in [2.05, 4.69) is 27.3 Å². The second-order valence-electron chi connectivity index (χ2n) is 6.63. The van der Waals surface area contributed by atoms with Gasteiger partial charge in [0.2, 0.25) is 5.91 Å². The van der Waals surface area contributed by atoms with E-state index in [1.54, 1.807) is 4.90 Å². The van der Waals surface area contributed by atoms with Gasteiger partial charge in [0.1, 0.15) is 0 Å². The number of hydrogen-bond acceptors (Lipinski definition) is 5. The molecule has 2 heterocycles. The molecule has 0 spiro atoms. The van der Waals surface area contributed by atoms with Crippen LogP contribution in [0.2, 0.25) is 0 Å². The fourth-order valence-electron chi connectivity index (χ4n) is 2.98. The van der Waals surface area contributed by atoms with Crippen molar-refractivity contribution in [3.8, 4) is 5.69 Å². The number of carbonyl (C=O) groups is 2. The first-order valence-electron chi connectivity index (χ1n) is 9.43. The molecule has 0 saturated carbocycles. The maximum absolute atomic E-state index is 12.7. The number of benzene rings is 1. The molecule has 1 aliphatic heterocycles. The monoisotopic (exact) mass is 370 g/mol. The molecule has 0 unspecified atom stereocenters. The topological polar surface area (TPSA) is 83.4 Å². The fraction of sp³-hybridized carbons (Fsp3) is 0.474. The van der Waals surface area contributed by atoms with Crippen LogP contribution in [-0.4, -0.2) is 75.9 Å². The summed E-state index contributed by atoms with van der Waals surface area (Å²) < 4.78 is 0. The molecule has 8 nitrogen and oxygen atoms in total. The third-order valence-electron chi connectivity index (χ3n) is 4.58. The minimum atomic E-state index is -0.121. The molecule has 3 rings (SSSR count). The number of piperazine rings is 1. The van der Waals surface area contributed by atoms with E-state index in [9.17, 15) is 9.59 Å². The molecule has 1 aromatic heterocycles. The van der Waals surface area contributed by atoms with Crippen LogP contribution in [0.5, 0.6) is 0 Å². The van der Waals surface area contributed by atoms with Gasteiger partial charge in [0.25, 0.3) is 5.91 Å². The SMILES string of the molecule is CCCCNC(=O)CN1CCN(C(=O)c2cnn(-c3ccccc3)n2)CC1. The van der Waals surface area contributed by atoms with E-state index < -0.39 is 0 Å². The van der Waals surface area contributed by atoms with E-state index in [1.165, 1.54) is 11.0 Å². The Labute approximate surface area is 159 Å². The molecule has 8 heteroatoms. The van der Waals surface area contributed by atoms with Crippen molar-refractivity contribution < 1.29 is 9.59 Å². The number of para-hydroxylation sites is 1. The van der Waals surface area contributed by atoms with Crippen LogP contribution in [0.3, 0.4) is 0 Å². The van der Waals surface area contributed by atoms with E-state index in [0.29, 0.717) is 38.4 Å². The van der Waals surface area contributed by atoms with Gasteiger partial charge in [-0.2, -0.15) is 9.90 Å². The second kappa shape index (κ2) is 9.27. The number of aromatic nitrogens is 3. The molecule has 27 heavy (non-hydrogen) atoms. The van der Waals surface area contributed by atoms with E-state index in [-0.39, 0.29) is 11.8 Å². The highest BCUT2D eigenvalue weighted by Gasteiger charge is 2.25. The highest BCUT2D eigenvalue weighted by molar-refractivity contribution is 5.92. The lowest BCUT2D eigenvalue weighted by Gasteiger charge is -2.33. The summed E-state index contributed by atoms with van der Waals surface area (Å²) in [6.45, 7) is 5.74. The molecular weight excluding hydrogens is 344 g/mol. The van der Waals surface area contributed by atoms with Gasteiger partial charge in [-0.25, -0.2) is 0 Å². The van der Waals surface area contributed by atoms with Crippen molar-refractivity contribution in [3.63, 3.8) is 0 Å². The van der Waals surface area contributed by atoms with Crippen LogP contribution in [0, 0.1) is 0 Å². The van der Waals surface area contributed by atoms with Gasteiger partial charge in [-0.3, -0.25) is 14.5 Å². The first-order chi connectivity index (χ1) is 13.2.